The highest BCUT2D eigenvalue weighted by Crippen LogP contribution is 2.48. The maximum absolute atomic E-state index is 5.78. The van der Waals surface area contributed by atoms with Crippen molar-refractivity contribution in [2.24, 2.45) is 0 Å². The maximum atomic E-state index is 5.78. The Morgan fingerprint density at radius 2 is 2.13 bits per heavy atom. The molecule has 3 heterocycles. The smallest absolute Gasteiger partial charge is 0.158 e. The van der Waals surface area contributed by atoms with Crippen molar-refractivity contribution in [3.05, 3.63) is 34.8 Å². The van der Waals surface area contributed by atoms with Gasteiger partial charge in [0.05, 0.1) is 24.4 Å². The molecular weight excluding hydrogens is 356 g/mol. The summed E-state index contributed by atoms with van der Waals surface area (Å²) >= 11 is 3.51. The minimum absolute atomic E-state index is 0.494. The lowest BCUT2D eigenvalue weighted by atomic mass is 10.0. The molecule has 1 fully saturated rings. The zero-order chi connectivity index (χ0) is 16.0. The number of halogens is 1. The predicted octanol–water partition coefficient (Wildman–Crippen LogP) is 4.16. The first-order valence-corrected chi connectivity index (χ1v) is 8.56. The molecular formula is C17H17BrN4O. The summed E-state index contributed by atoms with van der Waals surface area (Å²) < 4.78 is 8.66. The lowest BCUT2D eigenvalue weighted by Crippen LogP contribution is -2.02. The highest BCUT2D eigenvalue weighted by atomic mass is 79.9. The molecule has 0 unspecified atom stereocenters. The highest BCUT2D eigenvalue weighted by molar-refractivity contribution is 9.10. The number of rotatable bonds is 4. The number of fused-ring (bicyclic) bond motifs is 1. The first kappa shape index (κ1) is 14.6. The van der Waals surface area contributed by atoms with Gasteiger partial charge >= 0.3 is 0 Å². The molecule has 6 heteroatoms. The van der Waals surface area contributed by atoms with Crippen LogP contribution >= 0.6 is 15.9 Å². The lowest BCUT2D eigenvalue weighted by Gasteiger charge is -2.14. The fourth-order valence-corrected chi connectivity index (χ4v) is 3.36. The van der Waals surface area contributed by atoms with Gasteiger partial charge in [0.25, 0.3) is 0 Å². The monoisotopic (exact) mass is 372 g/mol. The van der Waals surface area contributed by atoms with Crippen LogP contribution < -0.4 is 4.74 Å². The van der Waals surface area contributed by atoms with Crippen LogP contribution in [0, 0.1) is 0 Å². The SMILES string of the molecule is CCn1ncc2c(-c3cncc(Br)c3)c(OC)c(C3CC3)nc21. The third-order valence-corrected chi connectivity index (χ3v) is 4.66. The number of pyridine rings is 2. The molecule has 0 saturated heterocycles. The molecule has 0 bridgehead atoms. The highest BCUT2D eigenvalue weighted by Gasteiger charge is 2.32. The summed E-state index contributed by atoms with van der Waals surface area (Å²) in [6.45, 7) is 2.87. The van der Waals surface area contributed by atoms with Gasteiger partial charge < -0.3 is 4.74 Å². The van der Waals surface area contributed by atoms with Crippen molar-refractivity contribution in [1.29, 1.82) is 0 Å². The normalized spacial score (nSPS) is 14.4. The molecule has 0 radical (unpaired) electrons. The zero-order valence-corrected chi connectivity index (χ0v) is 14.7. The van der Waals surface area contributed by atoms with Gasteiger partial charge in [0, 0.05) is 40.5 Å². The third-order valence-electron chi connectivity index (χ3n) is 4.23. The van der Waals surface area contributed by atoms with Crippen LogP contribution in [-0.2, 0) is 6.54 Å². The summed E-state index contributed by atoms with van der Waals surface area (Å²) in [5.41, 5.74) is 4.02. The summed E-state index contributed by atoms with van der Waals surface area (Å²) in [6, 6.07) is 2.06. The number of aryl methyl sites for hydroxylation is 1. The van der Waals surface area contributed by atoms with Crippen molar-refractivity contribution in [2.75, 3.05) is 7.11 Å². The molecule has 0 spiro atoms. The van der Waals surface area contributed by atoms with Gasteiger partial charge in [0.1, 0.15) is 5.75 Å². The van der Waals surface area contributed by atoms with E-state index in [1.165, 1.54) is 12.8 Å². The number of nitrogens with zero attached hydrogens (tertiary/aromatic N) is 4. The van der Waals surface area contributed by atoms with Crippen LogP contribution in [0.4, 0.5) is 0 Å². The van der Waals surface area contributed by atoms with Gasteiger partial charge in [-0.15, -0.1) is 0 Å². The molecule has 0 atom stereocenters. The molecule has 1 aliphatic rings. The first-order chi connectivity index (χ1) is 11.2. The first-order valence-electron chi connectivity index (χ1n) is 7.77. The molecule has 118 valence electrons. The summed E-state index contributed by atoms with van der Waals surface area (Å²) in [5, 5.41) is 5.49. The van der Waals surface area contributed by atoms with Crippen LogP contribution in [0.25, 0.3) is 22.2 Å². The van der Waals surface area contributed by atoms with Gasteiger partial charge in [0.15, 0.2) is 5.65 Å². The Balaban J connectivity index is 2.08. The molecule has 23 heavy (non-hydrogen) atoms. The van der Waals surface area contributed by atoms with Crippen LogP contribution in [-0.4, -0.2) is 26.9 Å². The summed E-state index contributed by atoms with van der Waals surface area (Å²) in [5.74, 6) is 1.35. The lowest BCUT2D eigenvalue weighted by molar-refractivity contribution is 0.409. The Kier molecular flexibility index (Phi) is 3.56. The minimum atomic E-state index is 0.494. The maximum Gasteiger partial charge on any atom is 0.158 e. The number of hydrogen-bond acceptors (Lipinski definition) is 4. The summed E-state index contributed by atoms with van der Waals surface area (Å²) in [7, 11) is 1.72. The van der Waals surface area contributed by atoms with Crippen molar-refractivity contribution in [1.82, 2.24) is 19.7 Å². The molecule has 0 aliphatic heterocycles. The zero-order valence-electron chi connectivity index (χ0n) is 13.1. The molecule has 1 saturated carbocycles. The van der Waals surface area contributed by atoms with Crippen molar-refractivity contribution in [3.8, 4) is 16.9 Å². The second-order valence-electron chi connectivity index (χ2n) is 5.77. The van der Waals surface area contributed by atoms with Crippen LogP contribution in [0.2, 0.25) is 0 Å². The van der Waals surface area contributed by atoms with Gasteiger partial charge in [-0.2, -0.15) is 5.10 Å². The number of methoxy groups -OCH3 is 1. The minimum Gasteiger partial charge on any atom is -0.494 e. The number of ether oxygens (including phenoxy) is 1. The Morgan fingerprint density at radius 3 is 2.78 bits per heavy atom. The quantitative estimate of drug-likeness (QED) is 0.689. The van der Waals surface area contributed by atoms with Crippen molar-refractivity contribution in [3.63, 3.8) is 0 Å². The van der Waals surface area contributed by atoms with E-state index >= 15 is 0 Å². The van der Waals surface area contributed by atoms with E-state index in [1.807, 2.05) is 17.1 Å². The predicted molar refractivity (Wildman–Crippen MR) is 92.7 cm³/mol. The van der Waals surface area contributed by atoms with Gasteiger partial charge in [0.2, 0.25) is 0 Å². The van der Waals surface area contributed by atoms with Crippen molar-refractivity contribution < 1.29 is 4.74 Å². The standard InChI is InChI=1S/C17H17BrN4O/c1-3-22-17-13(9-20-22)14(11-6-12(18)8-19-7-11)16(23-2)15(21-17)10-4-5-10/h6-10H,3-5H2,1-2H3. The number of hydrogen-bond donors (Lipinski definition) is 0. The van der Waals surface area contributed by atoms with Crippen molar-refractivity contribution in [2.45, 2.75) is 32.2 Å². The van der Waals surface area contributed by atoms with E-state index in [4.69, 9.17) is 9.72 Å². The van der Waals surface area contributed by atoms with Gasteiger partial charge in [-0.05, 0) is 41.8 Å². The van der Waals surface area contributed by atoms with E-state index in [0.717, 1.165) is 44.6 Å². The summed E-state index contributed by atoms with van der Waals surface area (Å²) in [6.07, 6.45) is 7.87. The Morgan fingerprint density at radius 1 is 1.30 bits per heavy atom. The van der Waals surface area contributed by atoms with Gasteiger partial charge in [-0.3, -0.25) is 4.98 Å². The fourth-order valence-electron chi connectivity index (χ4n) is 3.00. The van der Waals surface area contributed by atoms with Crippen LogP contribution in [0.15, 0.2) is 29.1 Å². The third kappa shape index (κ3) is 2.41. The molecule has 3 aromatic heterocycles. The largest absolute Gasteiger partial charge is 0.494 e. The topological polar surface area (TPSA) is 52.8 Å². The van der Waals surface area contributed by atoms with E-state index in [9.17, 15) is 0 Å². The molecule has 4 rings (SSSR count). The molecule has 0 amide bonds. The molecule has 1 aliphatic carbocycles. The van der Waals surface area contributed by atoms with E-state index < -0.39 is 0 Å². The average molecular weight is 373 g/mol. The Hall–Kier alpha value is -1.95. The fraction of sp³-hybridized carbons (Fsp3) is 0.353. The van der Waals surface area contributed by atoms with E-state index in [0.29, 0.717) is 5.92 Å². The second-order valence-corrected chi connectivity index (χ2v) is 6.68. The van der Waals surface area contributed by atoms with E-state index in [-0.39, 0.29) is 0 Å². The van der Waals surface area contributed by atoms with E-state index in [1.54, 1.807) is 13.3 Å². The molecule has 0 aromatic carbocycles. The number of aromatic nitrogens is 4. The Bertz CT molecular complexity index is 886. The van der Waals surface area contributed by atoms with Gasteiger partial charge in [-0.1, -0.05) is 0 Å². The Labute approximate surface area is 142 Å². The second kappa shape index (κ2) is 5.60. The summed E-state index contributed by atoms with van der Waals surface area (Å²) in [4.78, 5) is 9.20. The van der Waals surface area contributed by atoms with Crippen LogP contribution in [0.1, 0.15) is 31.4 Å². The van der Waals surface area contributed by atoms with Crippen LogP contribution in [0.5, 0.6) is 5.75 Å². The van der Waals surface area contributed by atoms with E-state index in [2.05, 4.69) is 39.0 Å². The van der Waals surface area contributed by atoms with Gasteiger partial charge in [-0.25, -0.2) is 9.67 Å². The van der Waals surface area contributed by atoms with Crippen LogP contribution in [0.3, 0.4) is 0 Å². The molecule has 5 nitrogen and oxygen atoms in total. The van der Waals surface area contributed by atoms with Crippen molar-refractivity contribution >= 4 is 27.0 Å². The molecule has 3 aromatic rings. The molecule has 0 N–H and O–H groups in total. The average Bonchev–Trinajstić information content (AvgIpc) is 3.33.